The van der Waals surface area contributed by atoms with Crippen LogP contribution in [0.15, 0.2) is 0 Å². The van der Waals surface area contributed by atoms with E-state index in [0.29, 0.717) is 6.61 Å². The van der Waals surface area contributed by atoms with Gasteiger partial charge in [-0.2, -0.15) is 0 Å². The van der Waals surface area contributed by atoms with E-state index in [1.54, 1.807) is 0 Å². The van der Waals surface area contributed by atoms with E-state index in [1.807, 2.05) is 6.92 Å². The molecule has 0 heterocycles. The van der Waals surface area contributed by atoms with E-state index in [0.717, 1.165) is 12.8 Å². The van der Waals surface area contributed by atoms with Crippen LogP contribution in [0.2, 0.25) is 0 Å². The van der Waals surface area contributed by atoms with Gasteiger partial charge in [0.1, 0.15) is 0 Å². The largest absolute Gasteiger partial charge is 0.394 e. The van der Waals surface area contributed by atoms with E-state index in [2.05, 4.69) is 3.02 Å². The minimum atomic E-state index is -3.06. The Kier molecular flexibility index (Phi) is 14.2. The van der Waals surface area contributed by atoms with E-state index in [-0.39, 0.29) is 0 Å². The van der Waals surface area contributed by atoms with Crippen molar-refractivity contribution in [3.8, 4) is 0 Å². The molecule has 0 aliphatic rings. The number of rotatable bonds is 7. The molecule has 0 aliphatic carbocycles. The van der Waals surface area contributed by atoms with E-state index < -0.39 is 46.8 Å². The van der Waals surface area contributed by atoms with Gasteiger partial charge in [-0.05, 0) is 0 Å². The molecule has 0 fully saturated rings. The molecule has 0 aliphatic heterocycles. The van der Waals surface area contributed by atoms with Crippen molar-refractivity contribution in [3.05, 3.63) is 0 Å². The van der Waals surface area contributed by atoms with E-state index in [1.165, 1.54) is 0 Å². The Morgan fingerprint density at radius 1 is 1.12 bits per heavy atom. The molecule has 0 saturated carbocycles. The molecule has 100 valence electrons. The van der Waals surface area contributed by atoms with Crippen LogP contribution in [-0.4, -0.2) is 75.5 Å². The molecule has 16 heavy (non-hydrogen) atoms. The molecule has 0 aromatic rings. The van der Waals surface area contributed by atoms with Crippen molar-refractivity contribution in [2.24, 2.45) is 5.73 Å². The zero-order valence-corrected chi connectivity index (χ0v) is 12.0. The van der Waals surface area contributed by atoms with Gasteiger partial charge >= 0.3 is 57.6 Å². The topological polar surface area (TPSA) is 136 Å². The summed E-state index contributed by atoms with van der Waals surface area (Å²) in [6.07, 6.45) is 1.95. The van der Waals surface area contributed by atoms with Gasteiger partial charge in [-0.3, -0.25) is 0 Å². The van der Waals surface area contributed by atoms with Crippen molar-refractivity contribution in [1.29, 1.82) is 0 Å². The van der Waals surface area contributed by atoms with Crippen LogP contribution in [0.25, 0.3) is 0 Å². The van der Waals surface area contributed by atoms with Crippen LogP contribution in [0.1, 0.15) is 19.8 Å². The first-order valence-corrected chi connectivity index (χ1v) is 8.20. The van der Waals surface area contributed by atoms with Crippen molar-refractivity contribution < 1.29 is 25.1 Å². The van der Waals surface area contributed by atoms with Gasteiger partial charge in [0.2, 0.25) is 0 Å². The van der Waals surface area contributed by atoms with Gasteiger partial charge in [-0.1, -0.05) is 0 Å². The maximum absolute atomic E-state index is 8.34. The summed E-state index contributed by atoms with van der Waals surface area (Å²) in [7, 11) is 0. The van der Waals surface area contributed by atoms with Gasteiger partial charge in [-0.25, -0.2) is 0 Å². The Bertz CT molecular complexity index is 136. The molecule has 8 heteroatoms. The quantitative estimate of drug-likeness (QED) is 0.219. The molecular formula is C8H22NO6Sb. The monoisotopic (exact) mass is 349 g/mol. The maximum atomic E-state index is 8.34. The molecule has 0 bridgehead atoms. The first-order chi connectivity index (χ1) is 7.45. The predicted molar refractivity (Wildman–Crippen MR) is 59.2 cm³/mol. The summed E-state index contributed by atoms with van der Waals surface area (Å²) in [5, 5.41) is 25.0. The first-order valence-electron chi connectivity index (χ1n) is 4.88. The van der Waals surface area contributed by atoms with Crippen LogP contribution in [0.4, 0.5) is 0 Å². The third-order valence-electron chi connectivity index (χ3n) is 1.65. The van der Waals surface area contributed by atoms with Crippen molar-refractivity contribution in [2.45, 2.75) is 25.3 Å². The molecule has 7 nitrogen and oxygen atoms in total. The summed E-state index contributed by atoms with van der Waals surface area (Å²) in [6, 6.07) is 0. The Hall–Kier alpha value is 0.538. The molecule has 0 radical (unpaired) electrons. The Morgan fingerprint density at radius 3 is 1.75 bits per heavy atom. The maximum Gasteiger partial charge on any atom is 0.0856 e. The minimum Gasteiger partial charge on any atom is -0.394 e. The summed E-state index contributed by atoms with van der Waals surface area (Å²) in [4.78, 5) is 0. The number of nitrogens with two attached hydrogens (primary N) is 1. The zero-order chi connectivity index (χ0) is 13.0. The average molecular weight is 350 g/mol. The molecule has 0 spiro atoms. The summed E-state index contributed by atoms with van der Waals surface area (Å²) < 4.78 is 21.2. The summed E-state index contributed by atoms with van der Waals surface area (Å²) in [5.74, 6) is 0. The van der Waals surface area contributed by atoms with Crippen LogP contribution < -0.4 is 5.73 Å². The molecule has 0 atom stereocenters. The average Bonchev–Trinajstić information content (AvgIpc) is 2.29. The Balaban J connectivity index is 0. The van der Waals surface area contributed by atoms with Gasteiger partial charge in [0.25, 0.3) is 0 Å². The van der Waals surface area contributed by atoms with Gasteiger partial charge in [0, 0.05) is 0 Å². The fourth-order valence-electron chi connectivity index (χ4n) is 0.441. The van der Waals surface area contributed by atoms with Crippen molar-refractivity contribution in [1.82, 2.24) is 0 Å². The predicted octanol–water partition coefficient (Wildman–Crippen LogP) is -2.57. The SMILES string of the molecule is CCCC[O][Sb]([OH])[OH].NC(CO)(CO)CO. The molecule has 0 saturated heterocycles. The normalized spacial score (nSPS) is 11.2. The van der Waals surface area contributed by atoms with Crippen LogP contribution >= 0.6 is 0 Å². The summed E-state index contributed by atoms with van der Waals surface area (Å²) in [6.45, 7) is 1.33. The van der Waals surface area contributed by atoms with E-state index >= 15 is 0 Å². The summed E-state index contributed by atoms with van der Waals surface area (Å²) in [5.41, 5.74) is 3.94. The molecule has 0 unspecified atom stereocenters. The second-order valence-electron chi connectivity index (χ2n) is 3.28. The third-order valence-corrected chi connectivity index (χ3v) is 2.83. The van der Waals surface area contributed by atoms with E-state index in [4.69, 9.17) is 27.8 Å². The Morgan fingerprint density at radius 2 is 1.56 bits per heavy atom. The van der Waals surface area contributed by atoms with Crippen molar-refractivity contribution >= 4 is 21.5 Å². The molecule has 0 aromatic carbocycles. The second kappa shape index (κ2) is 12.0. The summed E-state index contributed by atoms with van der Waals surface area (Å²) >= 11 is -3.06. The van der Waals surface area contributed by atoms with Gasteiger partial charge in [0.15, 0.2) is 0 Å². The second-order valence-corrected chi connectivity index (χ2v) is 5.46. The fourth-order valence-corrected chi connectivity index (χ4v) is 1.28. The molecule has 7 N–H and O–H groups in total. The molecule has 0 aromatic heterocycles. The zero-order valence-electron chi connectivity index (χ0n) is 9.41. The van der Waals surface area contributed by atoms with Crippen LogP contribution in [-0.2, 0) is 3.02 Å². The molecule has 0 amide bonds. The van der Waals surface area contributed by atoms with Gasteiger partial charge < -0.3 is 21.1 Å². The fraction of sp³-hybridized carbons (Fsp3) is 1.00. The molecule has 0 rings (SSSR count). The van der Waals surface area contributed by atoms with Crippen LogP contribution in [0.3, 0.4) is 0 Å². The first kappa shape index (κ1) is 18.9. The number of aliphatic hydroxyl groups is 3. The molecular weight excluding hydrogens is 328 g/mol. The third kappa shape index (κ3) is 12.6. The minimum absolute atomic E-state index is 0.403. The smallest absolute Gasteiger partial charge is 0.0856 e. The number of unbranched alkanes of at least 4 members (excludes halogenated alkanes) is 1. The standard InChI is InChI=1S/C4H11NO3.C4H9O.2H2O.Sb/c5-4(1-6,2-7)3-8;1-2-3-4-5;;;/h6-8H,1-3,5H2;2-4H2,1H3;2*1H2;/q;-1;;;+3/p-2. The van der Waals surface area contributed by atoms with Crippen molar-refractivity contribution in [2.75, 3.05) is 26.4 Å². The van der Waals surface area contributed by atoms with Crippen LogP contribution in [0.5, 0.6) is 0 Å². The van der Waals surface area contributed by atoms with Gasteiger partial charge in [0.05, 0.1) is 25.4 Å². The van der Waals surface area contributed by atoms with E-state index in [9.17, 15) is 0 Å². The number of aliphatic hydroxyl groups excluding tert-OH is 3. The van der Waals surface area contributed by atoms with Crippen LogP contribution in [0, 0.1) is 0 Å². The van der Waals surface area contributed by atoms with Crippen molar-refractivity contribution in [3.63, 3.8) is 0 Å². The van der Waals surface area contributed by atoms with Gasteiger partial charge in [-0.15, -0.1) is 0 Å². The Labute approximate surface area is 104 Å². The number of hydrogen-bond acceptors (Lipinski definition) is 7. The number of hydrogen-bond donors (Lipinski definition) is 6.